The minimum atomic E-state index is -0.510. The molecule has 7 heteroatoms. The number of fused-ring (bicyclic) bond motifs is 1. The van der Waals surface area contributed by atoms with E-state index >= 15 is 0 Å². The van der Waals surface area contributed by atoms with Crippen LogP contribution in [0.1, 0.15) is 27.6 Å². The summed E-state index contributed by atoms with van der Waals surface area (Å²) in [7, 11) is 0. The largest absolute Gasteiger partial charge is 0.462 e. The first-order valence-corrected chi connectivity index (χ1v) is 7.91. The summed E-state index contributed by atoms with van der Waals surface area (Å²) in [5.74, 6) is -0.917. The molecule has 2 aromatic heterocycles. The third-order valence-electron chi connectivity index (χ3n) is 3.44. The minimum Gasteiger partial charge on any atom is -0.462 e. The predicted octanol–water partition coefficient (Wildman–Crippen LogP) is 4.21. The number of ether oxygens (including phenoxy) is 1. The Morgan fingerprint density at radius 2 is 2.00 bits per heavy atom. The molecule has 0 amide bonds. The second-order valence-electron chi connectivity index (χ2n) is 4.94. The van der Waals surface area contributed by atoms with Gasteiger partial charge in [-0.25, -0.2) is 9.78 Å². The van der Waals surface area contributed by atoms with E-state index in [-0.39, 0.29) is 22.8 Å². The van der Waals surface area contributed by atoms with Crippen molar-refractivity contribution in [3.8, 4) is 0 Å². The van der Waals surface area contributed by atoms with Crippen LogP contribution in [0.4, 0.5) is 0 Å². The Hall–Kier alpha value is -2.37. The van der Waals surface area contributed by atoms with E-state index in [1.807, 2.05) is 0 Å². The number of hydrogen-bond acceptors (Lipinski definition) is 4. The molecule has 0 atom stereocenters. The average Bonchev–Trinajstić information content (AvgIpc) is 2.94. The van der Waals surface area contributed by atoms with E-state index < -0.39 is 11.9 Å². The quantitative estimate of drug-likeness (QED) is 0.654. The second-order valence-corrected chi connectivity index (χ2v) is 5.78. The number of carbonyl (C=O) groups is 2. The Morgan fingerprint density at radius 3 is 2.71 bits per heavy atom. The Labute approximate surface area is 147 Å². The summed E-state index contributed by atoms with van der Waals surface area (Å²) < 4.78 is 6.33. The third-order valence-corrected chi connectivity index (χ3v) is 3.99. The van der Waals surface area contributed by atoms with Crippen molar-refractivity contribution in [3.63, 3.8) is 0 Å². The molecule has 0 saturated carbocycles. The number of nitrogens with zero attached hydrogens (tertiary/aromatic N) is 2. The molecule has 122 valence electrons. The van der Waals surface area contributed by atoms with E-state index in [1.54, 1.807) is 31.3 Å². The molecule has 0 aliphatic heterocycles. The van der Waals surface area contributed by atoms with E-state index in [0.717, 1.165) is 0 Å². The van der Waals surface area contributed by atoms with Crippen LogP contribution in [-0.4, -0.2) is 28.0 Å². The van der Waals surface area contributed by atoms with Crippen molar-refractivity contribution in [1.82, 2.24) is 9.55 Å². The van der Waals surface area contributed by atoms with Crippen LogP contribution < -0.4 is 0 Å². The van der Waals surface area contributed by atoms with Crippen LogP contribution >= 0.6 is 23.2 Å². The first-order chi connectivity index (χ1) is 11.5. The van der Waals surface area contributed by atoms with Crippen molar-refractivity contribution in [2.75, 3.05) is 6.61 Å². The maximum absolute atomic E-state index is 12.8. The third kappa shape index (κ3) is 2.88. The van der Waals surface area contributed by atoms with Crippen LogP contribution in [0, 0.1) is 0 Å². The molecule has 3 aromatic rings. The number of pyridine rings is 1. The maximum atomic E-state index is 12.8. The number of benzene rings is 1. The van der Waals surface area contributed by atoms with Crippen molar-refractivity contribution in [3.05, 3.63) is 63.9 Å². The van der Waals surface area contributed by atoms with E-state index in [0.29, 0.717) is 16.1 Å². The summed E-state index contributed by atoms with van der Waals surface area (Å²) in [6, 6.07) is 8.00. The smallest absolute Gasteiger partial charge is 0.340 e. The van der Waals surface area contributed by atoms with Crippen LogP contribution in [0.2, 0.25) is 10.0 Å². The predicted molar refractivity (Wildman–Crippen MR) is 91.9 cm³/mol. The molecule has 0 saturated heterocycles. The van der Waals surface area contributed by atoms with Gasteiger partial charge in [-0.2, -0.15) is 0 Å². The highest BCUT2D eigenvalue weighted by atomic mass is 35.5. The normalized spacial score (nSPS) is 10.8. The van der Waals surface area contributed by atoms with Gasteiger partial charge in [0.1, 0.15) is 5.65 Å². The van der Waals surface area contributed by atoms with Crippen molar-refractivity contribution in [2.45, 2.75) is 6.92 Å². The van der Waals surface area contributed by atoms with E-state index in [4.69, 9.17) is 27.9 Å². The summed E-state index contributed by atoms with van der Waals surface area (Å²) in [5.41, 5.74) is 0.897. The van der Waals surface area contributed by atoms with Crippen molar-refractivity contribution >= 4 is 46.1 Å². The fourth-order valence-corrected chi connectivity index (χ4v) is 2.87. The molecular formula is C17H12Cl2N2O3. The topological polar surface area (TPSA) is 61.2 Å². The lowest BCUT2D eigenvalue weighted by Crippen LogP contribution is -2.12. The SMILES string of the molecule is CCOC(=O)c1cn(C(=O)c2ccc(Cl)cc2Cl)c2ncccc12. The van der Waals surface area contributed by atoms with Gasteiger partial charge in [-0.1, -0.05) is 23.2 Å². The summed E-state index contributed by atoms with van der Waals surface area (Å²) >= 11 is 12.0. The molecule has 0 bridgehead atoms. The molecule has 0 N–H and O–H groups in total. The highest BCUT2D eigenvalue weighted by Gasteiger charge is 2.22. The number of hydrogen-bond donors (Lipinski definition) is 0. The van der Waals surface area contributed by atoms with Gasteiger partial charge >= 0.3 is 5.97 Å². The zero-order valence-electron chi connectivity index (χ0n) is 12.6. The van der Waals surface area contributed by atoms with Gasteiger partial charge in [0.05, 0.1) is 22.8 Å². The highest BCUT2D eigenvalue weighted by Crippen LogP contribution is 2.25. The molecule has 24 heavy (non-hydrogen) atoms. The second kappa shape index (κ2) is 6.63. The zero-order chi connectivity index (χ0) is 17.3. The summed E-state index contributed by atoms with van der Waals surface area (Å²) in [6.07, 6.45) is 2.97. The van der Waals surface area contributed by atoms with Crippen LogP contribution in [0.3, 0.4) is 0 Å². The lowest BCUT2D eigenvalue weighted by Gasteiger charge is -2.05. The molecule has 3 rings (SSSR count). The Balaban J connectivity index is 2.16. The van der Waals surface area contributed by atoms with Crippen LogP contribution in [0.25, 0.3) is 11.0 Å². The molecule has 0 unspecified atom stereocenters. The molecule has 0 radical (unpaired) electrons. The van der Waals surface area contributed by atoms with Gasteiger partial charge in [0.15, 0.2) is 0 Å². The average molecular weight is 363 g/mol. The first kappa shape index (κ1) is 16.5. The van der Waals surface area contributed by atoms with Crippen molar-refractivity contribution in [1.29, 1.82) is 0 Å². The van der Waals surface area contributed by atoms with Gasteiger partial charge < -0.3 is 4.74 Å². The minimum absolute atomic E-state index is 0.225. The van der Waals surface area contributed by atoms with Crippen molar-refractivity contribution < 1.29 is 14.3 Å². The summed E-state index contributed by atoms with van der Waals surface area (Å²) in [4.78, 5) is 29.2. The van der Waals surface area contributed by atoms with Crippen LogP contribution in [0.15, 0.2) is 42.7 Å². The molecule has 0 fully saturated rings. The number of carbonyl (C=O) groups excluding carboxylic acids is 2. The van der Waals surface area contributed by atoms with Gasteiger partial charge in [-0.15, -0.1) is 0 Å². The van der Waals surface area contributed by atoms with Gasteiger partial charge in [0.25, 0.3) is 5.91 Å². The van der Waals surface area contributed by atoms with E-state index in [9.17, 15) is 9.59 Å². The number of halogens is 2. The lowest BCUT2D eigenvalue weighted by atomic mass is 10.2. The Kier molecular flexibility index (Phi) is 4.55. The molecule has 0 aliphatic rings. The molecule has 5 nitrogen and oxygen atoms in total. The van der Waals surface area contributed by atoms with Gasteiger partial charge in [0.2, 0.25) is 0 Å². The molecule has 0 aliphatic carbocycles. The van der Waals surface area contributed by atoms with Crippen molar-refractivity contribution in [2.24, 2.45) is 0 Å². The molecule has 2 heterocycles. The van der Waals surface area contributed by atoms with Crippen LogP contribution in [-0.2, 0) is 4.74 Å². The fraction of sp³-hybridized carbons (Fsp3) is 0.118. The maximum Gasteiger partial charge on any atom is 0.340 e. The molecule has 0 spiro atoms. The number of rotatable bonds is 3. The Morgan fingerprint density at radius 1 is 1.21 bits per heavy atom. The van der Waals surface area contributed by atoms with E-state index in [1.165, 1.54) is 22.9 Å². The molecular weight excluding hydrogens is 351 g/mol. The summed E-state index contributed by atoms with van der Waals surface area (Å²) in [6.45, 7) is 1.96. The molecule has 1 aromatic carbocycles. The van der Waals surface area contributed by atoms with E-state index in [2.05, 4.69) is 4.98 Å². The monoisotopic (exact) mass is 362 g/mol. The number of esters is 1. The van der Waals surface area contributed by atoms with Crippen LogP contribution in [0.5, 0.6) is 0 Å². The van der Waals surface area contributed by atoms with Gasteiger partial charge in [-0.05, 0) is 37.3 Å². The highest BCUT2D eigenvalue weighted by molar-refractivity contribution is 6.37. The number of aromatic nitrogens is 2. The first-order valence-electron chi connectivity index (χ1n) is 7.16. The summed E-state index contributed by atoms with van der Waals surface area (Å²) in [5, 5.41) is 1.19. The van der Waals surface area contributed by atoms with Gasteiger partial charge in [-0.3, -0.25) is 9.36 Å². The van der Waals surface area contributed by atoms with Gasteiger partial charge in [0, 0.05) is 22.8 Å². The fourth-order valence-electron chi connectivity index (χ4n) is 2.38. The Bertz CT molecular complexity index is 950. The standard InChI is InChI=1S/C17H12Cl2N2O3/c1-2-24-17(23)13-9-21(15-11(13)4-3-7-20-15)16(22)12-6-5-10(18)8-14(12)19/h3-9H,2H2,1H3. The zero-order valence-corrected chi connectivity index (χ0v) is 14.1. The lowest BCUT2D eigenvalue weighted by molar-refractivity contribution is 0.0528.